The first-order chi connectivity index (χ1) is 12.2. The Bertz CT molecular complexity index is 907. The van der Waals surface area contributed by atoms with Crippen LogP contribution in [0.3, 0.4) is 0 Å². The lowest BCUT2D eigenvalue weighted by molar-refractivity contribution is -0.384. The van der Waals surface area contributed by atoms with Gasteiger partial charge in [-0.25, -0.2) is 0 Å². The van der Waals surface area contributed by atoms with E-state index in [1.807, 2.05) is 30.3 Å². The number of rotatable bonds is 6. The van der Waals surface area contributed by atoms with E-state index < -0.39 is 4.92 Å². The molecule has 3 rings (SSSR count). The largest absolute Gasteiger partial charge is 0.488 e. The Morgan fingerprint density at radius 1 is 0.960 bits per heavy atom. The Kier molecular flexibility index (Phi) is 4.85. The van der Waals surface area contributed by atoms with Crippen LogP contribution in [-0.2, 0) is 6.61 Å². The number of carbonyl (C=O) groups excluding carboxylic acids is 1. The van der Waals surface area contributed by atoms with Gasteiger partial charge in [-0.3, -0.25) is 14.9 Å². The Morgan fingerprint density at radius 3 is 2.40 bits per heavy atom. The summed E-state index contributed by atoms with van der Waals surface area (Å²) < 4.78 is 5.72. The summed E-state index contributed by atoms with van der Waals surface area (Å²) in [7, 11) is 0. The molecule has 0 heterocycles. The summed E-state index contributed by atoms with van der Waals surface area (Å²) in [4.78, 5) is 22.2. The summed E-state index contributed by atoms with van der Waals surface area (Å²) in [5, 5.41) is 11.2. The van der Waals surface area contributed by atoms with Gasteiger partial charge in [-0.05, 0) is 29.3 Å². The van der Waals surface area contributed by atoms with Crippen molar-refractivity contribution in [2.45, 2.75) is 6.61 Å². The van der Waals surface area contributed by atoms with Crippen LogP contribution in [0.4, 0.5) is 5.69 Å². The molecule has 124 valence electrons. The van der Waals surface area contributed by atoms with E-state index in [0.29, 0.717) is 35.3 Å². The van der Waals surface area contributed by atoms with Crippen molar-refractivity contribution in [1.82, 2.24) is 0 Å². The van der Waals surface area contributed by atoms with Gasteiger partial charge < -0.3 is 4.74 Å². The monoisotopic (exact) mass is 333 g/mol. The third-order valence-corrected chi connectivity index (χ3v) is 3.79. The number of hydrogen-bond donors (Lipinski definition) is 0. The smallest absolute Gasteiger partial charge is 0.277 e. The predicted octanol–water partition coefficient (Wildman–Crippen LogP) is 4.65. The van der Waals surface area contributed by atoms with Gasteiger partial charge in [0.05, 0.1) is 16.1 Å². The molecule has 0 saturated carbocycles. The number of nitro benzene ring substituents is 1. The van der Waals surface area contributed by atoms with Crippen molar-refractivity contribution in [1.29, 1.82) is 0 Å². The standard InChI is InChI=1S/C20H15NO4/c22-13-17-12-16(18-8-4-5-9-19(18)21(23)24)10-11-20(17)25-14-15-6-2-1-3-7-15/h1-13H,14H2. The van der Waals surface area contributed by atoms with Crippen molar-refractivity contribution in [3.8, 4) is 16.9 Å². The van der Waals surface area contributed by atoms with Crippen LogP contribution in [0.2, 0.25) is 0 Å². The second-order valence-corrected chi connectivity index (χ2v) is 5.42. The number of para-hydroxylation sites is 1. The highest BCUT2D eigenvalue weighted by molar-refractivity contribution is 5.84. The van der Waals surface area contributed by atoms with E-state index >= 15 is 0 Å². The molecule has 3 aromatic carbocycles. The van der Waals surface area contributed by atoms with Crippen molar-refractivity contribution < 1.29 is 14.5 Å². The van der Waals surface area contributed by atoms with Crippen molar-refractivity contribution >= 4 is 12.0 Å². The van der Waals surface area contributed by atoms with E-state index in [4.69, 9.17) is 4.74 Å². The zero-order chi connectivity index (χ0) is 17.6. The van der Waals surface area contributed by atoms with Crippen molar-refractivity contribution in [2.75, 3.05) is 0 Å². The highest BCUT2D eigenvalue weighted by Crippen LogP contribution is 2.32. The van der Waals surface area contributed by atoms with Gasteiger partial charge in [-0.1, -0.05) is 48.5 Å². The minimum atomic E-state index is -0.435. The molecular weight excluding hydrogens is 318 g/mol. The summed E-state index contributed by atoms with van der Waals surface area (Å²) in [6, 6.07) is 21.0. The van der Waals surface area contributed by atoms with Crippen LogP contribution in [0, 0.1) is 10.1 Å². The van der Waals surface area contributed by atoms with Crippen molar-refractivity contribution in [3.05, 3.63) is 94.0 Å². The maximum Gasteiger partial charge on any atom is 0.277 e. The molecule has 0 unspecified atom stereocenters. The SMILES string of the molecule is O=Cc1cc(-c2ccccc2[N+](=O)[O-])ccc1OCc1ccccc1. The average Bonchev–Trinajstić information content (AvgIpc) is 2.67. The molecule has 0 aliphatic heterocycles. The second-order valence-electron chi connectivity index (χ2n) is 5.42. The van der Waals surface area contributed by atoms with Gasteiger partial charge in [0, 0.05) is 6.07 Å². The van der Waals surface area contributed by atoms with E-state index in [1.54, 1.807) is 36.4 Å². The second kappa shape index (κ2) is 7.40. The Labute approximate surface area is 144 Å². The molecule has 5 heteroatoms. The molecule has 0 atom stereocenters. The summed E-state index contributed by atoms with van der Waals surface area (Å²) in [5.74, 6) is 0.446. The number of carbonyl (C=O) groups is 1. The van der Waals surface area contributed by atoms with Gasteiger partial charge in [0.1, 0.15) is 12.4 Å². The highest BCUT2D eigenvalue weighted by atomic mass is 16.6. The first-order valence-corrected chi connectivity index (χ1v) is 7.69. The number of nitrogens with zero attached hydrogens (tertiary/aromatic N) is 1. The minimum Gasteiger partial charge on any atom is -0.488 e. The molecule has 0 N–H and O–H groups in total. The number of benzene rings is 3. The van der Waals surface area contributed by atoms with Gasteiger partial charge in [0.15, 0.2) is 6.29 Å². The number of hydrogen-bond acceptors (Lipinski definition) is 4. The zero-order valence-electron chi connectivity index (χ0n) is 13.3. The Balaban J connectivity index is 1.90. The molecule has 0 fully saturated rings. The van der Waals surface area contributed by atoms with E-state index in [1.165, 1.54) is 6.07 Å². The summed E-state index contributed by atoms with van der Waals surface area (Å²) >= 11 is 0. The van der Waals surface area contributed by atoms with Gasteiger partial charge >= 0.3 is 0 Å². The molecule has 0 aromatic heterocycles. The van der Waals surface area contributed by atoms with Crippen molar-refractivity contribution in [3.63, 3.8) is 0 Å². The number of aldehydes is 1. The summed E-state index contributed by atoms with van der Waals surface area (Å²) in [6.07, 6.45) is 0.693. The van der Waals surface area contributed by atoms with Crippen LogP contribution in [0.5, 0.6) is 5.75 Å². The molecule has 5 nitrogen and oxygen atoms in total. The van der Waals surface area contributed by atoms with Crippen molar-refractivity contribution in [2.24, 2.45) is 0 Å². The van der Waals surface area contributed by atoms with Gasteiger partial charge in [-0.15, -0.1) is 0 Å². The molecule has 0 aliphatic carbocycles. The van der Waals surface area contributed by atoms with E-state index in [2.05, 4.69) is 0 Å². The Morgan fingerprint density at radius 2 is 1.68 bits per heavy atom. The lowest BCUT2D eigenvalue weighted by Gasteiger charge is -2.10. The first-order valence-electron chi connectivity index (χ1n) is 7.69. The van der Waals surface area contributed by atoms with E-state index in [0.717, 1.165) is 5.56 Å². The normalized spacial score (nSPS) is 10.2. The quantitative estimate of drug-likeness (QED) is 0.374. The third kappa shape index (κ3) is 3.72. The maximum atomic E-state index is 11.4. The molecule has 0 radical (unpaired) electrons. The highest BCUT2D eigenvalue weighted by Gasteiger charge is 2.15. The molecule has 25 heavy (non-hydrogen) atoms. The van der Waals surface area contributed by atoms with Gasteiger partial charge in [-0.2, -0.15) is 0 Å². The van der Waals surface area contributed by atoms with Crippen LogP contribution in [-0.4, -0.2) is 11.2 Å². The molecule has 3 aromatic rings. The average molecular weight is 333 g/mol. The maximum absolute atomic E-state index is 11.4. The topological polar surface area (TPSA) is 69.4 Å². The minimum absolute atomic E-state index is 0.00250. The molecule has 0 amide bonds. The lowest BCUT2D eigenvalue weighted by Crippen LogP contribution is -1.99. The van der Waals surface area contributed by atoms with Gasteiger partial charge in [0.25, 0.3) is 5.69 Å². The molecule has 0 saturated heterocycles. The molecule has 0 aliphatic rings. The van der Waals surface area contributed by atoms with Gasteiger partial charge in [0.2, 0.25) is 0 Å². The molecular formula is C20H15NO4. The summed E-state index contributed by atoms with van der Waals surface area (Å²) in [6.45, 7) is 0.340. The van der Waals surface area contributed by atoms with E-state index in [-0.39, 0.29) is 5.69 Å². The first kappa shape index (κ1) is 16.4. The van der Waals surface area contributed by atoms with Crippen LogP contribution >= 0.6 is 0 Å². The fourth-order valence-electron chi connectivity index (χ4n) is 2.55. The van der Waals surface area contributed by atoms with Crippen LogP contribution in [0.1, 0.15) is 15.9 Å². The number of ether oxygens (including phenoxy) is 1. The molecule has 0 bridgehead atoms. The van der Waals surface area contributed by atoms with E-state index in [9.17, 15) is 14.9 Å². The number of nitro groups is 1. The fourth-order valence-corrected chi connectivity index (χ4v) is 2.55. The summed E-state index contributed by atoms with van der Waals surface area (Å²) in [5.41, 5.74) is 2.40. The van der Waals surface area contributed by atoms with Crippen LogP contribution in [0.15, 0.2) is 72.8 Å². The fraction of sp³-hybridized carbons (Fsp3) is 0.0500. The molecule has 0 spiro atoms. The van der Waals surface area contributed by atoms with Crippen LogP contribution < -0.4 is 4.74 Å². The third-order valence-electron chi connectivity index (χ3n) is 3.79. The Hall–Kier alpha value is -3.47. The lowest BCUT2D eigenvalue weighted by atomic mass is 10.0. The zero-order valence-corrected chi connectivity index (χ0v) is 13.3. The predicted molar refractivity (Wildman–Crippen MR) is 94.7 cm³/mol. The van der Waals surface area contributed by atoms with Crippen LogP contribution in [0.25, 0.3) is 11.1 Å².